The van der Waals surface area contributed by atoms with Gasteiger partial charge in [-0.15, -0.1) is 0 Å². The van der Waals surface area contributed by atoms with E-state index in [2.05, 4.69) is 10.3 Å². The Morgan fingerprint density at radius 2 is 1.58 bits per heavy atom. The summed E-state index contributed by atoms with van der Waals surface area (Å²) in [6.45, 7) is 3.28. The molecule has 0 saturated carbocycles. The molecule has 6 heteroatoms. The number of aromatic nitrogens is 1. The number of pyridine rings is 1. The zero-order valence-corrected chi connectivity index (χ0v) is 14.4. The largest absolute Gasteiger partial charge is 0.478 e. The molecule has 0 fully saturated rings. The number of aliphatic carboxylic acids is 2. The molecule has 1 aromatic heterocycles. The van der Waals surface area contributed by atoms with Crippen molar-refractivity contribution in [2.24, 2.45) is 0 Å². The van der Waals surface area contributed by atoms with Crippen LogP contribution in [0.1, 0.15) is 25.3 Å². The van der Waals surface area contributed by atoms with Crippen molar-refractivity contribution in [1.82, 2.24) is 10.3 Å². The summed E-state index contributed by atoms with van der Waals surface area (Å²) in [5.41, 5.74) is 3.29. The zero-order chi connectivity index (χ0) is 18.8. The van der Waals surface area contributed by atoms with Crippen LogP contribution in [0.15, 0.2) is 71.3 Å². The van der Waals surface area contributed by atoms with Crippen LogP contribution in [-0.4, -0.2) is 27.1 Å². The Kier molecular flexibility index (Phi) is 4.58. The fourth-order valence-electron chi connectivity index (χ4n) is 3.33. The Hall–Kier alpha value is -3.41. The van der Waals surface area contributed by atoms with Gasteiger partial charge < -0.3 is 15.5 Å². The molecule has 0 unspecified atom stereocenters. The number of nitrogens with one attached hydrogen (secondary N) is 1. The molecule has 2 aromatic rings. The maximum absolute atomic E-state index is 11.9. The number of carboxylic acid groups (broad SMARTS) is 2. The lowest BCUT2D eigenvalue weighted by molar-refractivity contribution is -0.133. The quantitative estimate of drug-likeness (QED) is 0.783. The summed E-state index contributed by atoms with van der Waals surface area (Å²) in [6, 6.07) is 11.0. The second kappa shape index (κ2) is 6.84. The van der Waals surface area contributed by atoms with Crippen LogP contribution in [0.5, 0.6) is 0 Å². The maximum Gasteiger partial charge on any atom is 0.334 e. The molecule has 0 atom stereocenters. The van der Waals surface area contributed by atoms with Crippen molar-refractivity contribution in [1.29, 1.82) is 0 Å². The molecule has 1 aromatic carbocycles. The molecule has 1 aliphatic heterocycles. The molecule has 26 heavy (non-hydrogen) atoms. The third-order valence-electron chi connectivity index (χ3n) is 4.44. The molecule has 1 aliphatic rings. The number of nitrogens with zero attached hydrogens (tertiary/aromatic N) is 1. The van der Waals surface area contributed by atoms with Gasteiger partial charge in [-0.05, 0) is 36.6 Å². The summed E-state index contributed by atoms with van der Waals surface area (Å²) in [5, 5.41) is 22.3. The normalized spacial score (nSPS) is 15.0. The molecule has 132 valence electrons. The molecule has 3 rings (SSSR count). The Labute approximate surface area is 150 Å². The highest BCUT2D eigenvalue weighted by Gasteiger charge is 2.36. The van der Waals surface area contributed by atoms with Gasteiger partial charge in [0.05, 0.1) is 17.1 Å². The van der Waals surface area contributed by atoms with Gasteiger partial charge >= 0.3 is 11.9 Å². The zero-order valence-electron chi connectivity index (χ0n) is 14.4. The fourth-order valence-corrected chi connectivity index (χ4v) is 3.33. The van der Waals surface area contributed by atoms with Crippen molar-refractivity contribution >= 4 is 11.9 Å². The molecule has 0 spiro atoms. The highest BCUT2D eigenvalue weighted by molar-refractivity contribution is 5.98. The average Bonchev–Trinajstić information content (AvgIpc) is 2.61. The van der Waals surface area contributed by atoms with Gasteiger partial charge in [0.2, 0.25) is 0 Å². The minimum Gasteiger partial charge on any atom is -0.478 e. The second-order valence-electron chi connectivity index (χ2n) is 6.11. The minimum absolute atomic E-state index is 0.0383. The Balaban J connectivity index is 2.19. The summed E-state index contributed by atoms with van der Waals surface area (Å²) in [7, 11) is 0. The maximum atomic E-state index is 11.9. The monoisotopic (exact) mass is 350 g/mol. The highest BCUT2D eigenvalue weighted by Crippen LogP contribution is 2.39. The van der Waals surface area contributed by atoms with Gasteiger partial charge in [0.25, 0.3) is 0 Å². The predicted octanol–water partition coefficient (Wildman–Crippen LogP) is 3.15. The topological polar surface area (TPSA) is 99.5 Å². The third-order valence-corrected chi connectivity index (χ3v) is 4.44. The van der Waals surface area contributed by atoms with Gasteiger partial charge in [0.1, 0.15) is 0 Å². The lowest BCUT2D eigenvalue weighted by Crippen LogP contribution is -2.31. The first-order chi connectivity index (χ1) is 12.4. The molecular weight excluding hydrogens is 332 g/mol. The van der Waals surface area contributed by atoms with E-state index < -0.39 is 17.9 Å². The number of hydrogen-bond acceptors (Lipinski definition) is 4. The molecule has 2 heterocycles. The van der Waals surface area contributed by atoms with E-state index in [4.69, 9.17) is 0 Å². The van der Waals surface area contributed by atoms with Crippen molar-refractivity contribution < 1.29 is 19.8 Å². The molecule has 0 bridgehead atoms. The van der Waals surface area contributed by atoms with Crippen molar-refractivity contribution in [2.75, 3.05) is 0 Å². The van der Waals surface area contributed by atoms with Gasteiger partial charge in [-0.25, -0.2) is 9.59 Å². The van der Waals surface area contributed by atoms with E-state index in [0.717, 1.165) is 11.1 Å². The molecule has 6 nitrogen and oxygen atoms in total. The smallest absolute Gasteiger partial charge is 0.334 e. The van der Waals surface area contributed by atoms with Gasteiger partial charge in [-0.1, -0.05) is 30.3 Å². The number of carboxylic acids is 2. The Morgan fingerprint density at radius 3 is 2.12 bits per heavy atom. The van der Waals surface area contributed by atoms with E-state index >= 15 is 0 Å². The Morgan fingerprint density at radius 1 is 0.962 bits per heavy atom. The lowest BCUT2D eigenvalue weighted by Gasteiger charge is -2.29. The van der Waals surface area contributed by atoms with Gasteiger partial charge in [-0.2, -0.15) is 0 Å². The van der Waals surface area contributed by atoms with Crippen LogP contribution < -0.4 is 5.32 Å². The van der Waals surface area contributed by atoms with Crippen LogP contribution in [0.3, 0.4) is 0 Å². The average molecular weight is 350 g/mol. The number of hydrogen-bond donors (Lipinski definition) is 3. The molecule has 0 radical (unpaired) electrons. The molecule has 0 amide bonds. The number of carbonyl (C=O) groups is 2. The summed E-state index contributed by atoms with van der Waals surface area (Å²) < 4.78 is 0. The predicted molar refractivity (Wildman–Crippen MR) is 96.2 cm³/mol. The standard InChI is InChI=1S/C20H18N2O4/c1-11-16(19(23)24)18(17(20(25)26)12(2)22-11)14-6-3-5-13(9-14)15-7-4-8-21-10-15/h3-10,18,22H,1-2H3,(H,23,24)(H,25,26). The van der Waals surface area contributed by atoms with Gasteiger partial charge in [-0.3, -0.25) is 4.98 Å². The third kappa shape index (κ3) is 3.09. The number of dihydropyridines is 1. The highest BCUT2D eigenvalue weighted by atomic mass is 16.4. The summed E-state index contributed by atoms with van der Waals surface area (Å²) in [4.78, 5) is 27.8. The van der Waals surface area contributed by atoms with Crippen molar-refractivity contribution in [2.45, 2.75) is 19.8 Å². The van der Waals surface area contributed by atoms with Crippen LogP contribution >= 0.6 is 0 Å². The lowest BCUT2D eigenvalue weighted by atomic mass is 9.80. The SMILES string of the molecule is CC1=C(C(=O)O)C(c2cccc(-c3cccnc3)c2)C(C(=O)O)=C(C)N1. The number of rotatable bonds is 4. The van der Waals surface area contributed by atoms with E-state index in [-0.39, 0.29) is 11.1 Å². The summed E-state index contributed by atoms with van der Waals surface area (Å²) >= 11 is 0. The first kappa shape index (κ1) is 17.4. The molecule has 0 saturated heterocycles. The summed E-state index contributed by atoms with van der Waals surface area (Å²) in [5.74, 6) is -3.14. The van der Waals surface area contributed by atoms with Crippen LogP contribution in [0.2, 0.25) is 0 Å². The summed E-state index contributed by atoms with van der Waals surface area (Å²) in [6.07, 6.45) is 3.38. The van der Waals surface area contributed by atoms with Crippen molar-refractivity contribution in [3.05, 3.63) is 76.9 Å². The van der Waals surface area contributed by atoms with Crippen LogP contribution in [0, 0.1) is 0 Å². The molecule has 3 N–H and O–H groups in total. The van der Waals surface area contributed by atoms with E-state index in [1.54, 1.807) is 38.4 Å². The van der Waals surface area contributed by atoms with E-state index in [0.29, 0.717) is 17.0 Å². The van der Waals surface area contributed by atoms with Gasteiger partial charge in [0.15, 0.2) is 0 Å². The second-order valence-corrected chi connectivity index (χ2v) is 6.11. The first-order valence-corrected chi connectivity index (χ1v) is 8.05. The molecular formula is C20H18N2O4. The van der Waals surface area contributed by atoms with Crippen molar-refractivity contribution in [3.8, 4) is 11.1 Å². The minimum atomic E-state index is -1.14. The first-order valence-electron chi connectivity index (χ1n) is 8.05. The van der Waals surface area contributed by atoms with Crippen LogP contribution in [0.4, 0.5) is 0 Å². The number of benzene rings is 1. The Bertz CT molecular complexity index is 909. The van der Waals surface area contributed by atoms with Crippen LogP contribution in [0.25, 0.3) is 11.1 Å². The molecule has 0 aliphatic carbocycles. The number of allylic oxidation sites excluding steroid dienone is 2. The van der Waals surface area contributed by atoms with Crippen LogP contribution in [-0.2, 0) is 9.59 Å². The van der Waals surface area contributed by atoms with Gasteiger partial charge in [0, 0.05) is 23.8 Å². The van der Waals surface area contributed by atoms with E-state index in [1.165, 1.54) is 0 Å². The fraction of sp³-hybridized carbons (Fsp3) is 0.150. The van der Waals surface area contributed by atoms with Crippen molar-refractivity contribution in [3.63, 3.8) is 0 Å². The van der Waals surface area contributed by atoms with E-state index in [9.17, 15) is 19.8 Å². The van der Waals surface area contributed by atoms with E-state index in [1.807, 2.05) is 24.3 Å².